The molecule has 6 nitrogen and oxygen atoms in total. The number of rotatable bonds is 9. The van der Waals surface area contributed by atoms with Crippen LogP contribution in [0.4, 0.5) is 5.69 Å². The SMILES string of the molecule is CC[C@H](C)Oc1c(/C=C2\SC(=Nc3ccccc3)N(CCOC)C2=O)cccc1OC. The summed E-state index contributed by atoms with van der Waals surface area (Å²) in [5.41, 5.74) is 1.59. The average molecular weight is 441 g/mol. The number of amides is 1. The molecule has 7 heteroatoms. The molecule has 164 valence electrons. The molecule has 1 aliphatic rings. The lowest BCUT2D eigenvalue weighted by atomic mass is 10.1. The van der Waals surface area contributed by atoms with Crippen LogP contribution in [-0.2, 0) is 9.53 Å². The van der Waals surface area contributed by atoms with Crippen LogP contribution in [0.1, 0.15) is 25.8 Å². The van der Waals surface area contributed by atoms with Gasteiger partial charge in [0.05, 0.1) is 37.0 Å². The highest BCUT2D eigenvalue weighted by Gasteiger charge is 2.33. The van der Waals surface area contributed by atoms with Crippen LogP contribution in [-0.4, -0.2) is 49.4 Å². The van der Waals surface area contributed by atoms with Crippen molar-refractivity contribution >= 4 is 34.6 Å². The Balaban J connectivity index is 1.99. The number of thioether (sulfide) groups is 1. The maximum Gasteiger partial charge on any atom is 0.266 e. The molecule has 0 aromatic heterocycles. The zero-order valence-corrected chi connectivity index (χ0v) is 19.1. The van der Waals surface area contributed by atoms with Crippen molar-refractivity contribution in [1.29, 1.82) is 0 Å². The second-order valence-electron chi connectivity index (χ2n) is 7.01. The molecule has 1 saturated heterocycles. The molecule has 0 spiro atoms. The molecule has 0 aliphatic carbocycles. The van der Waals surface area contributed by atoms with Gasteiger partial charge >= 0.3 is 0 Å². The van der Waals surface area contributed by atoms with Crippen molar-refractivity contribution in [3.05, 3.63) is 59.0 Å². The number of ether oxygens (including phenoxy) is 3. The fourth-order valence-electron chi connectivity index (χ4n) is 2.94. The fraction of sp³-hybridized carbons (Fsp3) is 0.333. The normalized spacial score (nSPS) is 17.4. The molecular formula is C24H28N2O4S. The minimum Gasteiger partial charge on any atom is -0.493 e. The zero-order chi connectivity index (χ0) is 22.2. The van der Waals surface area contributed by atoms with Crippen molar-refractivity contribution in [1.82, 2.24) is 4.90 Å². The summed E-state index contributed by atoms with van der Waals surface area (Å²) in [6, 6.07) is 15.3. The van der Waals surface area contributed by atoms with E-state index < -0.39 is 0 Å². The van der Waals surface area contributed by atoms with E-state index in [0.717, 1.165) is 17.7 Å². The number of methoxy groups -OCH3 is 2. The van der Waals surface area contributed by atoms with Crippen molar-refractivity contribution in [3.8, 4) is 11.5 Å². The predicted octanol–water partition coefficient (Wildman–Crippen LogP) is 5.12. The third-order valence-corrected chi connectivity index (χ3v) is 5.80. The van der Waals surface area contributed by atoms with Gasteiger partial charge in [-0.05, 0) is 49.4 Å². The van der Waals surface area contributed by atoms with Crippen LogP contribution in [0.3, 0.4) is 0 Å². The summed E-state index contributed by atoms with van der Waals surface area (Å²) in [6.07, 6.45) is 2.73. The summed E-state index contributed by atoms with van der Waals surface area (Å²) in [6.45, 7) is 4.93. The van der Waals surface area contributed by atoms with Gasteiger partial charge in [0.1, 0.15) is 0 Å². The second-order valence-corrected chi connectivity index (χ2v) is 8.01. The van der Waals surface area contributed by atoms with E-state index in [-0.39, 0.29) is 12.0 Å². The molecule has 0 saturated carbocycles. The number of hydrogen-bond acceptors (Lipinski definition) is 6. The van der Waals surface area contributed by atoms with E-state index >= 15 is 0 Å². The topological polar surface area (TPSA) is 60.4 Å². The first-order valence-electron chi connectivity index (χ1n) is 10.2. The van der Waals surface area contributed by atoms with Crippen LogP contribution >= 0.6 is 11.8 Å². The van der Waals surface area contributed by atoms with Gasteiger partial charge in [0.25, 0.3) is 5.91 Å². The molecule has 2 aromatic carbocycles. The van der Waals surface area contributed by atoms with E-state index in [0.29, 0.717) is 34.7 Å². The summed E-state index contributed by atoms with van der Waals surface area (Å²) < 4.78 is 16.8. The van der Waals surface area contributed by atoms with Crippen molar-refractivity contribution in [2.75, 3.05) is 27.4 Å². The first kappa shape index (κ1) is 22.9. The summed E-state index contributed by atoms with van der Waals surface area (Å²) in [4.78, 5) is 20.1. The summed E-state index contributed by atoms with van der Waals surface area (Å²) in [5, 5.41) is 0.631. The van der Waals surface area contributed by atoms with Crippen molar-refractivity contribution in [2.45, 2.75) is 26.4 Å². The number of para-hydroxylation sites is 2. The first-order chi connectivity index (χ1) is 15.1. The molecule has 2 aromatic rings. The highest BCUT2D eigenvalue weighted by Crippen LogP contribution is 2.38. The Morgan fingerprint density at radius 3 is 2.58 bits per heavy atom. The maximum atomic E-state index is 13.2. The van der Waals surface area contributed by atoms with Crippen LogP contribution in [0, 0.1) is 0 Å². The number of hydrogen-bond donors (Lipinski definition) is 0. The Bertz CT molecular complexity index is 959. The van der Waals surface area contributed by atoms with Gasteiger partial charge in [-0.15, -0.1) is 0 Å². The fourth-order valence-corrected chi connectivity index (χ4v) is 3.96. The van der Waals surface area contributed by atoms with Gasteiger partial charge in [0.15, 0.2) is 16.7 Å². The van der Waals surface area contributed by atoms with E-state index in [1.54, 1.807) is 19.1 Å². The third kappa shape index (κ3) is 5.68. The molecule has 1 heterocycles. The molecule has 0 radical (unpaired) electrons. The zero-order valence-electron chi connectivity index (χ0n) is 18.3. The second kappa shape index (κ2) is 11.0. The van der Waals surface area contributed by atoms with E-state index in [1.807, 2.05) is 61.5 Å². The van der Waals surface area contributed by atoms with Crippen LogP contribution in [0.25, 0.3) is 6.08 Å². The lowest BCUT2D eigenvalue weighted by Gasteiger charge is -2.18. The molecule has 3 rings (SSSR count). The molecule has 0 bridgehead atoms. The van der Waals surface area contributed by atoms with Crippen molar-refractivity contribution in [3.63, 3.8) is 0 Å². The monoisotopic (exact) mass is 440 g/mol. The molecule has 0 unspecified atom stereocenters. The lowest BCUT2D eigenvalue weighted by Crippen LogP contribution is -2.32. The van der Waals surface area contributed by atoms with Gasteiger partial charge < -0.3 is 14.2 Å². The third-order valence-electron chi connectivity index (χ3n) is 4.80. The predicted molar refractivity (Wildman–Crippen MR) is 126 cm³/mol. The molecule has 0 N–H and O–H groups in total. The average Bonchev–Trinajstić information content (AvgIpc) is 3.07. The molecule has 1 amide bonds. The van der Waals surface area contributed by atoms with E-state index in [2.05, 4.69) is 11.9 Å². The van der Waals surface area contributed by atoms with E-state index in [1.165, 1.54) is 11.8 Å². The Kier molecular flexibility index (Phi) is 8.14. The van der Waals surface area contributed by atoms with E-state index in [4.69, 9.17) is 14.2 Å². The van der Waals surface area contributed by atoms with Crippen molar-refractivity contribution < 1.29 is 19.0 Å². The van der Waals surface area contributed by atoms with Gasteiger partial charge in [-0.2, -0.15) is 0 Å². The van der Waals surface area contributed by atoms with Gasteiger partial charge in [0, 0.05) is 12.7 Å². The van der Waals surface area contributed by atoms with Gasteiger partial charge in [-0.25, -0.2) is 4.99 Å². The highest BCUT2D eigenvalue weighted by atomic mass is 32.2. The number of benzene rings is 2. The van der Waals surface area contributed by atoms with Gasteiger partial charge in [0.2, 0.25) is 0 Å². The number of carbonyl (C=O) groups excluding carboxylic acids is 1. The largest absolute Gasteiger partial charge is 0.493 e. The van der Waals surface area contributed by atoms with Crippen molar-refractivity contribution in [2.24, 2.45) is 4.99 Å². The van der Waals surface area contributed by atoms with Crippen LogP contribution in [0.15, 0.2) is 58.4 Å². The molecule has 1 fully saturated rings. The standard InChI is InChI=1S/C24H28N2O4S/c1-5-17(2)30-22-18(10-9-13-20(22)29-4)16-21-23(27)26(14-15-28-3)24(31-21)25-19-11-7-6-8-12-19/h6-13,16-17H,5,14-15H2,1-4H3/b21-16-,25-24?/t17-/m0/s1. The van der Waals surface area contributed by atoms with Crippen LogP contribution in [0.2, 0.25) is 0 Å². The smallest absolute Gasteiger partial charge is 0.266 e. The number of carbonyl (C=O) groups is 1. The summed E-state index contributed by atoms with van der Waals surface area (Å²) in [5.74, 6) is 1.17. The highest BCUT2D eigenvalue weighted by molar-refractivity contribution is 8.18. The van der Waals surface area contributed by atoms with Crippen LogP contribution < -0.4 is 9.47 Å². The van der Waals surface area contributed by atoms with E-state index in [9.17, 15) is 4.79 Å². The molecular weight excluding hydrogens is 412 g/mol. The van der Waals surface area contributed by atoms with Gasteiger partial charge in [-0.3, -0.25) is 9.69 Å². The maximum absolute atomic E-state index is 13.2. The Morgan fingerprint density at radius 2 is 1.90 bits per heavy atom. The minimum absolute atomic E-state index is 0.0220. The summed E-state index contributed by atoms with van der Waals surface area (Å²) in [7, 11) is 3.23. The summed E-state index contributed by atoms with van der Waals surface area (Å²) >= 11 is 1.35. The van der Waals surface area contributed by atoms with Crippen LogP contribution in [0.5, 0.6) is 11.5 Å². The Labute approximate surface area is 187 Å². The first-order valence-corrected chi connectivity index (χ1v) is 11.1. The minimum atomic E-state index is -0.103. The van der Waals surface area contributed by atoms with Gasteiger partial charge in [-0.1, -0.05) is 37.3 Å². The number of nitrogens with zero attached hydrogens (tertiary/aromatic N) is 2. The number of aliphatic imine (C=N–C) groups is 1. The number of amidine groups is 1. The molecule has 1 atom stereocenters. The molecule has 31 heavy (non-hydrogen) atoms. The Morgan fingerprint density at radius 1 is 1.13 bits per heavy atom. The quantitative estimate of drug-likeness (QED) is 0.506. The Hall–Kier alpha value is -2.77. The lowest BCUT2D eigenvalue weighted by molar-refractivity contribution is -0.122. The molecule has 1 aliphatic heterocycles.